The lowest BCUT2D eigenvalue weighted by Crippen LogP contribution is -2.43. The molecule has 0 atom stereocenters. The maximum atomic E-state index is 3.42. The quantitative estimate of drug-likeness (QED) is 0.870. The van der Waals surface area contributed by atoms with E-state index in [1.165, 1.54) is 43.4 Å². The average Bonchev–Trinajstić information content (AvgIpc) is 2.40. The standard InChI is InChI=1S/C17H28N2/c1-15-7-9-16(10-8-15)19(3)14-17(13-18-2)11-5-4-6-12-17/h7-10,18H,4-6,11-14H2,1-3H3. The highest BCUT2D eigenvalue weighted by molar-refractivity contribution is 5.47. The lowest BCUT2D eigenvalue weighted by molar-refractivity contribution is 0.193. The van der Waals surface area contributed by atoms with Gasteiger partial charge in [-0.2, -0.15) is 0 Å². The van der Waals surface area contributed by atoms with Crippen LogP contribution >= 0.6 is 0 Å². The molecule has 2 nitrogen and oxygen atoms in total. The molecule has 0 amide bonds. The second-order valence-electron chi connectivity index (χ2n) is 6.28. The van der Waals surface area contributed by atoms with Crippen molar-refractivity contribution in [2.24, 2.45) is 5.41 Å². The van der Waals surface area contributed by atoms with Gasteiger partial charge < -0.3 is 10.2 Å². The van der Waals surface area contributed by atoms with Gasteiger partial charge in [0.05, 0.1) is 0 Å². The van der Waals surface area contributed by atoms with Gasteiger partial charge in [-0.15, -0.1) is 0 Å². The molecule has 1 aromatic carbocycles. The van der Waals surface area contributed by atoms with Crippen LogP contribution < -0.4 is 10.2 Å². The first-order chi connectivity index (χ1) is 9.15. The van der Waals surface area contributed by atoms with Gasteiger partial charge in [-0.25, -0.2) is 0 Å². The Balaban J connectivity index is 2.05. The SMILES string of the molecule is CNCC1(CN(C)c2ccc(C)cc2)CCCCC1. The fraction of sp³-hybridized carbons (Fsp3) is 0.647. The van der Waals surface area contributed by atoms with Crippen molar-refractivity contribution in [3.8, 4) is 0 Å². The molecule has 1 fully saturated rings. The van der Waals surface area contributed by atoms with Gasteiger partial charge >= 0.3 is 0 Å². The lowest BCUT2D eigenvalue weighted by atomic mass is 9.73. The van der Waals surface area contributed by atoms with Crippen LogP contribution in [0.4, 0.5) is 5.69 Å². The normalized spacial score (nSPS) is 18.3. The number of benzene rings is 1. The third-order valence-electron chi connectivity index (χ3n) is 4.51. The lowest BCUT2D eigenvalue weighted by Gasteiger charge is -2.41. The molecule has 0 saturated heterocycles. The molecule has 1 saturated carbocycles. The van der Waals surface area contributed by atoms with Gasteiger partial charge in [-0.1, -0.05) is 37.0 Å². The van der Waals surface area contributed by atoms with Gasteiger partial charge in [0.15, 0.2) is 0 Å². The first-order valence-electron chi connectivity index (χ1n) is 7.58. The van der Waals surface area contributed by atoms with E-state index in [2.05, 4.69) is 55.5 Å². The predicted molar refractivity (Wildman–Crippen MR) is 83.9 cm³/mol. The third-order valence-corrected chi connectivity index (χ3v) is 4.51. The Kier molecular flexibility index (Phi) is 4.87. The number of aryl methyl sites for hydroxylation is 1. The molecular weight excluding hydrogens is 232 g/mol. The molecule has 19 heavy (non-hydrogen) atoms. The first-order valence-corrected chi connectivity index (χ1v) is 7.58. The zero-order valence-corrected chi connectivity index (χ0v) is 12.7. The van der Waals surface area contributed by atoms with Crippen molar-refractivity contribution in [1.82, 2.24) is 5.32 Å². The molecule has 0 unspecified atom stereocenters. The molecular formula is C17H28N2. The minimum atomic E-state index is 0.465. The van der Waals surface area contributed by atoms with Crippen LogP contribution in [0, 0.1) is 12.3 Å². The highest BCUT2D eigenvalue weighted by Gasteiger charge is 2.32. The summed E-state index contributed by atoms with van der Waals surface area (Å²) in [7, 11) is 4.32. The van der Waals surface area contributed by atoms with Crippen molar-refractivity contribution in [3.63, 3.8) is 0 Å². The van der Waals surface area contributed by atoms with Gasteiger partial charge in [0.1, 0.15) is 0 Å². The van der Waals surface area contributed by atoms with Crippen LogP contribution in [-0.2, 0) is 0 Å². The van der Waals surface area contributed by atoms with E-state index in [1.807, 2.05) is 0 Å². The molecule has 2 rings (SSSR count). The zero-order chi connectivity index (χ0) is 13.7. The Hall–Kier alpha value is -1.02. The molecule has 0 aliphatic heterocycles. The summed E-state index contributed by atoms with van der Waals surface area (Å²) >= 11 is 0. The van der Waals surface area contributed by atoms with E-state index in [9.17, 15) is 0 Å². The summed E-state index contributed by atoms with van der Waals surface area (Å²) in [6.45, 7) is 4.45. The van der Waals surface area contributed by atoms with E-state index < -0.39 is 0 Å². The van der Waals surface area contributed by atoms with Crippen LogP contribution in [0.25, 0.3) is 0 Å². The van der Waals surface area contributed by atoms with E-state index in [0.717, 1.165) is 13.1 Å². The number of hydrogen-bond acceptors (Lipinski definition) is 2. The van der Waals surface area contributed by atoms with E-state index in [0.29, 0.717) is 5.41 Å². The number of rotatable bonds is 5. The predicted octanol–water partition coefficient (Wildman–Crippen LogP) is 3.60. The molecule has 1 aliphatic rings. The summed E-state index contributed by atoms with van der Waals surface area (Å²) in [6, 6.07) is 8.89. The fourth-order valence-electron chi connectivity index (χ4n) is 3.46. The molecule has 1 aliphatic carbocycles. The highest BCUT2D eigenvalue weighted by atomic mass is 15.1. The smallest absolute Gasteiger partial charge is 0.0363 e. The van der Waals surface area contributed by atoms with Crippen LogP contribution in [-0.4, -0.2) is 27.2 Å². The zero-order valence-electron chi connectivity index (χ0n) is 12.7. The first kappa shape index (κ1) is 14.4. The van der Waals surface area contributed by atoms with E-state index in [4.69, 9.17) is 0 Å². The Labute approximate surface area is 118 Å². The second kappa shape index (κ2) is 6.42. The third kappa shape index (κ3) is 3.73. The minimum absolute atomic E-state index is 0.465. The van der Waals surface area contributed by atoms with Gasteiger partial charge in [-0.3, -0.25) is 0 Å². The Morgan fingerprint density at radius 1 is 1.11 bits per heavy atom. The van der Waals surface area contributed by atoms with E-state index in [-0.39, 0.29) is 0 Å². The molecule has 0 aromatic heterocycles. The van der Waals surface area contributed by atoms with Crippen LogP contribution in [0.15, 0.2) is 24.3 Å². The topological polar surface area (TPSA) is 15.3 Å². The number of hydrogen-bond donors (Lipinski definition) is 1. The average molecular weight is 260 g/mol. The van der Waals surface area contributed by atoms with Crippen molar-refractivity contribution in [2.45, 2.75) is 39.0 Å². The summed E-state index contributed by atoms with van der Waals surface area (Å²) in [6.07, 6.45) is 6.93. The van der Waals surface area contributed by atoms with E-state index >= 15 is 0 Å². The second-order valence-corrected chi connectivity index (χ2v) is 6.28. The number of nitrogens with one attached hydrogen (secondary N) is 1. The number of anilines is 1. The van der Waals surface area contributed by atoms with Gasteiger partial charge in [0, 0.05) is 31.2 Å². The molecule has 0 spiro atoms. The molecule has 2 heteroatoms. The maximum absolute atomic E-state index is 3.42. The summed E-state index contributed by atoms with van der Waals surface area (Å²) in [5, 5.41) is 3.42. The van der Waals surface area contributed by atoms with E-state index in [1.54, 1.807) is 0 Å². The van der Waals surface area contributed by atoms with Gasteiger partial charge in [0.25, 0.3) is 0 Å². The molecule has 0 bridgehead atoms. The Bertz CT molecular complexity index is 371. The molecule has 106 valence electrons. The fourth-order valence-corrected chi connectivity index (χ4v) is 3.46. The van der Waals surface area contributed by atoms with Crippen LogP contribution in [0.5, 0.6) is 0 Å². The highest BCUT2D eigenvalue weighted by Crippen LogP contribution is 2.37. The summed E-state index contributed by atoms with van der Waals surface area (Å²) in [5.41, 5.74) is 3.14. The molecule has 1 aromatic rings. The van der Waals surface area contributed by atoms with Crippen molar-refractivity contribution in [2.75, 3.05) is 32.1 Å². The number of nitrogens with zero attached hydrogens (tertiary/aromatic N) is 1. The van der Waals surface area contributed by atoms with Crippen LogP contribution in [0.2, 0.25) is 0 Å². The van der Waals surface area contributed by atoms with Gasteiger partial charge in [-0.05, 0) is 38.9 Å². The van der Waals surface area contributed by atoms with Crippen molar-refractivity contribution >= 4 is 5.69 Å². The molecule has 0 radical (unpaired) electrons. The van der Waals surface area contributed by atoms with Crippen molar-refractivity contribution < 1.29 is 0 Å². The largest absolute Gasteiger partial charge is 0.374 e. The Morgan fingerprint density at radius 3 is 2.32 bits per heavy atom. The monoisotopic (exact) mass is 260 g/mol. The summed E-state index contributed by atoms with van der Waals surface area (Å²) in [5.74, 6) is 0. The minimum Gasteiger partial charge on any atom is -0.374 e. The Morgan fingerprint density at radius 2 is 1.74 bits per heavy atom. The van der Waals surface area contributed by atoms with Gasteiger partial charge in [0.2, 0.25) is 0 Å². The van der Waals surface area contributed by atoms with Crippen molar-refractivity contribution in [3.05, 3.63) is 29.8 Å². The van der Waals surface area contributed by atoms with Crippen LogP contribution in [0.1, 0.15) is 37.7 Å². The maximum Gasteiger partial charge on any atom is 0.0363 e. The summed E-state index contributed by atoms with van der Waals surface area (Å²) in [4.78, 5) is 2.43. The molecule has 1 N–H and O–H groups in total. The van der Waals surface area contributed by atoms with Crippen molar-refractivity contribution in [1.29, 1.82) is 0 Å². The summed E-state index contributed by atoms with van der Waals surface area (Å²) < 4.78 is 0. The molecule has 0 heterocycles. The van der Waals surface area contributed by atoms with Crippen LogP contribution in [0.3, 0.4) is 0 Å².